The highest BCUT2D eigenvalue weighted by atomic mass is 127. The summed E-state index contributed by atoms with van der Waals surface area (Å²) in [6.07, 6.45) is -1.51. The van der Waals surface area contributed by atoms with Gasteiger partial charge in [0.25, 0.3) is 0 Å². The molecule has 0 spiro atoms. The van der Waals surface area contributed by atoms with Gasteiger partial charge in [-0.2, -0.15) is 13.2 Å². The number of nitrogens with zero attached hydrogens (tertiary/aromatic N) is 5. The van der Waals surface area contributed by atoms with Gasteiger partial charge < -0.3 is 10.6 Å². The molecule has 1 atom stereocenters. The highest BCUT2D eigenvalue weighted by molar-refractivity contribution is 14.0. The monoisotopic (exact) mass is 497 g/mol. The second-order valence-electron chi connectivity index (χ2n) is 6.36. The number of nitrogens with one attached hydrogen (secondary N) is 2. The van der Waals surface area contributed by atoms with Crippen molar-refractivity contribution >= 4 is 35.6 Å². The Labute approximate surface area is 172 Å². The second-order valence-corrected chi connectivity index (χ2v) is 6.36. The average Bonchev–Trinajstić information content (AvgIpc) is 3.20. The largest absolute Gasteiger partial charge is 0.401 e. The fourth-order valence-corrected chi connectivity index (χ4v) is 3.11. The van der Waals surface area contributed by atoms with Crippen LogP contribution < -0.4 is 10.6 Å². The maximum Gasteiger partial charge on any atom is 0.401 e. The fraction of sp³-hybridized carbons (Fsp3) is 0.562. The smallest absolute Gasteiger partial charge is 0.356 e. The minimum absolute atomic E-state index is 0. The van der Waals surface area contributed by atoms with Crippen molar-refractivity contribution in [1.29, 1.82) is 0 Å². The molecular weight excluding hydrogens is 474 g/mol. The van der Waals surface area contributed by atoms with Crippen molar-refractivity contribution in [3.05, 3.63) is 30.2 Å². The Balaban J connectivity index is 0.00000261. The van der Waals surface area contributed by atoms with E-state index in [1.807, 2.05) is 28.8 Å². The fourth-order valence-electron chi connectivity index (χ4n) is 3.11. The maximum atomic E-state index is 12.4. The van der Waals surface area contributed by atoms with E-state index in [2.05, 4.69) is 25.8 Å². The number of pyridine rings is 1. The third-order valence-corrected chi connectivity index (χ3v) is 4.35. The van der Waals surface area contributed by atoms with Crippen LogP contribution in [0.4, 0.5) is 13.2 Å². The van der Waals surface area contributed by atoms with E-state index in [1.165, 1.54) is 4.90 Å². The Hall–Kier alpha value is -1.63. The summed E-state index contributed by atoms with van der Waals surface area (Å²) < 4.78 is 39.2. The summed E-state index contributed by atoms with van der Waals surface area (Å²) in [4.78, 5) is 5.60. The standard InChI is InChI=1S/C16H22F3N7.HI/c1-20-15(21-8-12-5-7-25(10-12)11-16(17,18)19)22-9-14-24-23-13-4-2-3-6-26(13)14;/h2-4,6,12H,5,7-11H2,1H3,(H2,20,21,22);1H. The van der Waals surface area contributed by atoms with Crippen molar-refractivity contribution in [2.75, 3.05) is 33.2 Å². The summed E-state index contributed by atoms with van der Waals surface area (Å²) in [6.45, 7) is 1.10. The van der Waals surface area contributed by atoms with E-state index in [0.717, 1.165) is 17.9 Å². The zero-order chi connectivity index (χ0) is 18.6. The second kappa shape index (κ2) is 9.53. The molecule has 1 unspecified atom stereocenters. The molecular formula is C16H23F3IN7. The van der Waals surface area contributed by atoms with Crippen LogP contribution in [0.1, 0.15) is 12.2 Å². The van der Waals surface area contributed by atoms with Gasteiger partial charge in [-0.25, -0.2) is 0 Å². The summed E-state index contributed by atoms with van der Waals surface area (Å²) in [5.74, 6) is 1.51. The van der Waals surface area contributed by atoms with E-state index in [-0.39, 0.29) is 29.9 Å². The molecule has 0 saturated carbocycles. The molecule has 2 aromatic rings. The highest BCUT2D eigenvalue weighted by Gasteiger charge is 2.34. The van der Waals surface area contributed by atoms with Gasteiger partial charge >= 0.3 is 6.18 Å². The van der Waals surface area contributed by atoms with Crippen LogP contribution in [0.15, 0.2) is 29.4 Å². The van der Waals surface area contributed by atoms with Gasteiger partial charge in [-0.1, -0.05) is 6.07 Å². The third kappa shape index (κ3) is 6.19. The van der Waals surface area contributed by atoms with Crippen molar-refractivity contribution in [2.24, 2.45) is 10.9 Å². The number of rotatable bonds is 5. The van der Waals surface area contributed by atoms with Gasteiger partial charge in [0, 0.05) is 26.3 Å². The van der Waals surface area contributed by atoms with Crippen LogP contribution in [0.2, 0.25) is 0 Å². The summed E-state index contributed by atoms with van der Waals surface area (Å²) in [5.41, 5.74) is 0.767. The average molecular weight is 497 g/mol. The molecule has 3 heterocycles. The van der Waals surface area contributed by atoms with E-state index in [1.54, 1.807) is 7.05 Å². The SMILES string of the molecule is CN=C(NCc1nnc2ccccn12)NCC1CCN(CC(F)(F)F)C1.I. The quantitative estimate of drug-likeness (QED) is 0.376. The number of halogens is 4. The lowest BCUT2D eigenvalue weighted by molar-refractivity contribution is -0.143. The summed E-state index contributed by atoms with van der Waals surface area (Å²) in [5, 5.41) is 14.6. The normalized spacial score (nSPS) is 18.5. The van der Waals surface area contributed by atoms with Crippen LogP contribution in [0.3, 0.4) is 0 Å². The van der Waals surface area contributed by atoms with E-state index in [4.69, 9.17) is 0 Å². The number of hydrogen-bond acceptors (Lipinski definition) is 4. The molecule has 0 aromatic carbocycles. The molecule has 150 valence electrons. The van der Waals surface area contributed by atoms with E-state index < -0.39 is 12.7 Å². The molecule has 7 nitrogen and oxygen atoms in total. The van der Waals surface area contributed by atoms with Crippen LogP contribution in [0.5, 0.6) is 0 Å². The molecule has 2 aromatic heterocycles. The molecule has 0 radical (unpaired) electrons. The number of aromatic nitrogens is 3. The Kier molecular flexibility index (Phi) is 7.65. The van der Waals surface area contributed by atoms with Gasteiger partial charge in [-0.15, -0.1) is 34.2 Å². The van der Waals surface area contributed by atoms with Crippen molar-refractivity contribution in [3.8, 4) is 0 Å². The minimum atomic E-state index is -4.14. The number of guanidine groups is 1. The lowest BCUT2D eigenvalue weighted by Crippen LogP contribution is -2.40. The number of hydrogen-bond donors (Lipinski definition) is 2. The molecule has 1 saturated heterocycles. The first-order valence-corrected chi connectivity index (χ1v) is 8.47. The van der Waals surface area contributed by atoms with Gasteiger partial charge in [-0.05, 0) is 31.0 Å². The van der Waals surface area contributed by atoms with Gasteiger partial charge in [0.15, 0.2) is 17.4 Å². The molecule has 27 heavy (non-hydrogen) atoms. The summed E-state index contributed by atoms with van der Waals surface area (Å²) in [6, 6.07) is 5.67. The van der Waals surface area contributed by atoms with Crippen LogP contribution in [0, 0.1) is 5.92 Å². The number of fused-ring (bicyclic) bond motifs is 1. The highest BCUT2D eigenvalue weighted by Crippen LogP contribution is 2.22. The van der Waals surface area contributed by atoms with E-state index >= 15 is 0 Å². The molecule has 1 fully saturated rings. The molecule has 0 amide bonds. The number of alkyl halides is 3. The Morgan fingerprint density at radius 2 is 2.11 bits per heavy atom. The minimum Gasteiger partial charge on any atom is -0.356 e. The van der Waals surface area contributed by atoms with E-state index in [9.17, 15) is 13.2 Å². The van der Waals surface area contributed by atoms with Gasteiger partial charge in [-0.3, -0.25) is 14.3 Å². The van der Waals surface area contributed by atoms with Crippen LogP contribution in [-0.2, 0) is 6.54 Å². The molecule has 2 N–H and O–H groups in total. The Morgan fingerprint density at radius 3 is 2.85 bits per heavy atom. The predicted octanol–water partition coefficient (Wildman–Crippen LogP) is 1.90. The number of aliphatic imine (C=N–C) groups is 1. The molecule has 1 aliphatic heterocycles. The van der Waals surface area contributed by atoms with Crippen molar-refractivity contribution in [3.63, 3.8) is 0 Å². The van der Waals surface area contributed by atoms with Gasteiger partial charge in [0.05, 0.1) is 13.1 Å². The zero-order valence-corrected chi connectivity index (χ0v) is 17.2. The topological polar surface area (TPSA) is 69.8 Å². The molecule has 0 bridgehead atoms. The number of likely N-dealkylation sites (tertiary alicyclic amines) is 1. The van der Waals surface area contributed by atoms with Crippen molar-refractivity contribution in [1.82, 2.24) is 30.1 Å². The Morgan fingerprint density at radius 1 is 1.30 bits per heavy atom. The lowest BCUT2D eigenvalue weighted by Gasteiger charge is -2.18. The van der Waals surface area contributed by atoms with Crippen molar-refractivity contribution in [2.45, 2.75) is 19.1 Å². The van der Waals surface area contributed by atoms with Crippen molar-refractivity contribution < 1.29 is 13.2 Å². The van der Waals surface area contributed by atoms with Gasteiger partial charge in [0.2, 0.25) is 0 Å². The first kappa shape index (κ1) is 21.7. The Bertz CT molecular complexity index is 762. The molecule has 0 aliphatic carbocycles. The summed E-state index contributed by atoms with van der Waals surface area (Å²) >= 11 is 0. The molecule has 1 aliphatic rings. The summed E-state index contributed by atoms with van der Waals surface area (Å²) in [7, 11) is 1.65. The van der Waals surface area contributed by atoms with Gasteiger partial charge in [0.1, 0.15) is 0 Å². The first-order valence-electron chi connectivity index (χ1n) is 8.47. The third-order valence-electron chi connectivity index (χ3n) is 4.35. The van der Waals surface area contributed by atoms with Crippen LogP contribution in [0.25, 0.3) is 5.65 Å². The molecule has 11 heteroatoms. The first-order chi connectivity index (χ1) is 12.4. The maximum absolute atomic E-state index is 12.4. The lowest BCUT2D eigenvalue weighted by atomic mass is 10.1. The predicted molar refractivity (Wildman–Crippen MR) is 107 cm³/mol. The molecule has 3 rings (SSSR count). The zero-order valence-electron chi connectivity index (χ0n) is 14.9. The van der Waals surface area contributed by atoms with Crippen LogP contribution >= 0.6 is 24.0 Å². The van der Waals surface area contributed by atoms with E-state index in [0.29, 0.717) is 32.1 Å². The van der Waals surface area contributed by atoms with Crippen LogP contribution in [-0.4, -0.2) is 64.9 Å².